The molecule has 0 spiro atoms. The van der Waals surface area contributed by atoms with Gasteiger partial charge in [-0.3, -0.25) is 19.8 Å². The number of thiocarbonyl (C=S) groups is 1. The molecule has 1 N–H and O–H groups in total. The third-order valence-corrected chi connectivity index (χ3v) is 6.62. The van der Waals surface area contributed by atoms with Gasteiger partial charge in [-0.05, 0) is 93.9 Å². The maximum Gasteiger partial charge on any atom is 0.337 e. The third kappa shape index (κ3) is 4.35. The largest absolute Gasteiger partial charge is 0.465 e. The van der Waals surface area contributed by atoms with Crippen molar-refractivity contribution in [3.63, 3.8) is 0 Å². The zero-order chi connectivity index (χ0) is 26.3. The first-order valence-corrected chi connectivity index (χ1v) is 11.8. The lowest BCUT2D eigenvalue weighted by atomic mass is 10.0. The molecule has 2 heterocycles. The van der Waals surface area contributed by atoms with E-state index < -0.39 is 17.8 Å². The van der Waals surface area contributed by atoms with Crippen LogP contribution in [0.15, 0.2) is 48.0 Å². The van der Waals surface area contributed by atoms with E-state index in [1.807, 2.05) is 69.5 Å². The Balaban J connectivity index is 1.79. The van der Waals surface area contributed by atoms with Crippen molar-refractivity contribution in [2.45, 2.75) is 34.6 Å². The molecular formula is C28H27N3O4S. The van der Waals surface area contributed by atoms with Gasteiger partial charge in [-0.1, -0.05) is 23.8 Å². The fourth-order valence-electron chi connectivity index (χ4n) is 4.49. The minimum Gasteiger partial charge on any atom is -0.465 e. The lowest BCUT2D eigenvalue weighted by Crippen LogP contribution is -2.54. The number of ether oxygens (including phenoxy) is 1. The van der Waals surface area contributed by atoms with Crippen molar-refractivity contribution in [3.8, 4) is 5.69 Å². The van der Waals surface area contributed by atoms with Crippen LogP contribution in [0.4, 0.5) is 5.69 Å². The molecule has 2 aromatic carbocycles. The van der Waals surface area contributed by atoms with Crippen LogP contribution in [0.3, 0.4) is 0 Å². The molecule has 1 saturated heterocycles. The van der Waals surface area contributed by atoms with Crippen molar-refractivity contribution < 1.29 is 19.1 Å². The Bertz CT molecular complexity index is 1480. The Hall–Kier alpha value is -4.04. The predicted molar refractivity (Wildman–Crippen MR) is 143 cm³/mol. The van der Waals surface area contributed by atoms with Crippen LogP contribution in [0.25, 0.3) is 11.8 Å². The minimum atomic E-state index is -0.542. The van der Waals surface area contributed by atoms with E-state index in [0.717, 1.165) is 33.8 Å². The molecule has 0 atom stereocenters. The van der Waals surface area contributed by atoms with E-state index in [9.17, 15) is 14.4 Å². The number of carbonyl (C=O) groups excluding carboxylic acids is 3. The number of amides is 2. The number of hydrogen-bond donors (Lipinski definition) is 1. The second-order valence-corrected chi connectivity index (χ2v) is 9.29. The highest BCUT2D eigenvalue weighted by molar-refractivity contribution is 7.80. The Morgan fingerprint density at radius 2 is 1.67 bits per heavy atom. The molecule has 1 aliphatic heterocycles. The molecule has 0 saturated carbocycles. The fourth-order valence-corrected chi connectivity index (χ4v) is 4.76. The fraction of sp³-hybridized carbons (Fsp3) is 0.214. The van der Waals surface area contributed by atoms with Gasteiger partial charge in [-0.25, -0.2) is 4.79 Å². The van der Waals surface area contributed by atoms with Gasteiger partial charge in [0.2, 0.25) is 0 Å². The monoisotopic (exact) mass is 501 g/mol. The number of rotatable bonds is 4. The number of nitrogens with zero attached hydrogens (tertiary/aromatic N) is 2. The highest BCUT2D eigenvalue weighted by atomic mass is 32.1. The van der Waals surface area contributed by atoms with Crippen LogP contribution in [0.2, 0.25) is 0 Å². The van der Waals surface area contributed by atoms with Gasteiger partial charge in [0.15, 0.2) is 5.11 Å². The Kier molecular flexibility index (Phi) is 6.65. The normalized spacial score (nSPS) is 14.9. The SMILES string of the molecule is COC(=O)c1ccc(C)c(-n2c(C)cc(/C=C3\C(=O)NC(=S)N(c4ccc(C)cc4C)C3=O)c2C)c1. The highest BCUT2D eigenvalue weighted by Gasteiger charge is 2.35. The molecule has 0 radical (unpaired) electrons. The van der Waals surface area contributed by atoms with Crippen LogP contribution >= 0.6 is 12.2 Å². The van der Waals surface area contributed by atoms with Crippen LogP contribution in [0.1, 0.15) is 44.0 Å². The van der Waals surface area contributed by atoms with E-state index >= 15 is 0 Å². The number of anilines is 1. The van der Waals surface area contributed by atoms with Gasteiger partial charge in [-0.2, -0.15) is 0 Å². The van der Waals surface area contributed by atoms with Crippen LogP contribution in [-0.2, 0) is 14.3 Å². The van der Waals surface area contributed by atoms with Crippen molar-refractivity contribution in [1.82, 2.24) is 9.88 Å². The van der Waals surface area contributed by atoms with Gasteiger partial charge in [0, 0.05) is 17.1 Å². The average molecular weight is 502 g/mol. The van der Waals surface area contributed by atoms with Gasteiger partial charge in [0.25, 0.3) is 11.8 Å². The number of aryl methyl sites for hydroxylation is 4. The predicted octanol–water partition coefficient (Wildman–Crippen LogP) is 4.64. The number of esters is 1. The molecule has 3 aromatic rings. The lowest BCUT2D eigenvalue weighted by molar-refractivity contribution is -0.122. The first-order valence-electron chi connectivity index (χ1n) is 11.4. The molecule has 184 valence electrons. The van der Waals surface area contributed by atoms with Gasteiger partial charge in [-0.15, -0.1) is 0 Å². The molecule has 7 nitrogen and oxygen atoms in total. The topological polar surface area (TPSA) is 80.6 Å². The molecular weight excluding hydrogens is 474 g/mol. The quantitative estimate of drug-likeness (QED) is 0.244. The van der Waals surface area contributed by atoms with E-state index in [0.29, 0.717) is 16.8 Å². The van der Waals surface area contributed by atoms with Crippen LogP contribution in [-0.4, -0.2) is 34.6 Å². The summed E-state index contributed by atoms with van der Waals surface area (Å²) in [5.74, 6) is -1.45. The standard InChI is InChI=1S/C28H27N3O4S/c1-15-7-10-23(17(3)11-15)31-26(33)22(25(32)29-28(31)36)13-21-12-18(4)30(19(21)5)24-14-20(27(34)35-6)9-8-16(24)2/h7-14H,1-6H3,(H,29,32,36)/b22-13+. The maximum absolute atomic E-state index is 13.5. The summed E-state index contributed by atoms with van der Waals surface area (Å²) in [6, 6.07) is 12.9. The smallest absolute Gasteiger partial charge is 0.337 e. The molecule has 0 bridgehead atoms. The Morgan fingerprint density at radius 1 is 0.944 bits per heavy atom. The number of aromatic nitrogens is 1. The Morgan fingerprint density at radius 3 is 2.33 bits per heavy atom. The molecule has 1 fully saturated rings. The van der Waals surface area contributed by atoms with E-state index in [-0.39, 0.29) is 10.7 Å². The minimum absolute atomic E-state index is 0.0103. The number of carbonyl (C=O) groups is 3. The molecule has 2 amide bonds. The second kappa shape index (κ2) is 9.54. The maximum atomic E-state index is 13.5. The molecule has 1 aromatic heterocycles. The molecule has 8 heteroatoms. The molecule has 1 aliphatic rings. The van der Waals surface area contributed by atoms with Crippen LogP contribution in [0, 0.1) is 34.6 Å². The summed E-state index contributed by atoms with van der Waals surface area (Å²) in [5.41, 5.74) is 7.17. The number of methoxy groups -OCH3 is 1. The van der Waals surface area contributed by atoms with E-state index in [2.05, 4.69) is 5.32 Å². The zero-order valence-electron chi connectivity index (χ0n) is 21.1. The zero-order valence-corrected chi connectivity index (χ0v) is 21.9. The summed E-state index contributed by atoms with van der Waals surface area (Å²) in [6.45, 7) is 9.66. The summed E-state index contributed by atoms with van der Waals surface area (Å²) in [7, 11) is 1.34. The Labute approximate surface area is 215 Å². The molecule has 0 unspecified atom stereocenters. The summed E-state index contributed by atoms with van der Waals surface area (Å²) in [5, 5.41) is 2.70. The van der Waals surface area contributed by atoms with Gasteiger partial charge in [0.05, 0.1) is 18.4 Å². The second-order valence-electron chi connectivity index (χ2n) is 8.90. The van der Waals surface area contributed by atoms with Crippen molar-refractivity contribution in [2.75, 3.05) is 12.0 Å². The molecule has 0 aliphatic carbocycles. The van der Waals surface area contributed by atoms with Crippen molar-refractivity contribution >= 4 is 46.9 Å². The van der Waals surface area contributed by atoms with Crippen LogP contribution < -0.4 is 10.2 Å². The summed E-state index contributed by atoms with van der Waals surface area (Å²) in [6.07, 6.45) is 1.59. The summed E-state index contributed by atoms with van der Waals surface area (Å²) < 4.78 is 6.86. The summed E-state index contributed by atoms with van der Waals surface area (Å²) in [4.78, 5) is 39.8. The highest BCUT2D eigenvalue weighted by Crippen LogP contribution is 2.29. The van der Waals surface area contributed by atoms with Crippen LogP contribution in [0.5, 0.6) is 0 Å². The van der Waals surface area contributed by atoms with Gasteiger partial charge >= 0.3 is 5.97 Å². The van der Waals surface area contributed by atoms with Crippen molar-refractivity contribution in [3.05, 3.63) is 87.2 Å². The first kappa shape index (κ1) is 25.1. The number of hydrogen-bond acceptors (Lipinski definition) is 5. The molecule has 4 rings (SSSR count). The van der Waals surface area contributed by atoms with Gasteiger partial charge < -0.3 is 9.30 Å². The third-order valence-electron chi connectivity index (χ3n) is 6.34. The first-order chi connectivity index (χ1) is 17.0. The number of benzene rings is 2. The van der Waals surface area contributed by atoms with E-state index in [1.54, 1.807) is 18.2 Å². The van der Waals surface area contributed by atoms with Gasteiger partial charge in [0.1, 0.15) is 5.57 Å². The average Bonchev–Trinajstić information content (AvgIpc) is 3.10. The van der Waals surface area contributed by atoms with Crippen molar-refractivity contribution in [2.24, 2.45) is 0 Å². The lowest BCUT2D eigenvalue weighted by Gasteiger charge is -2.30. The van der Waals surface area contributed by atoms with E-state index in [4.69, 9.17) is 17.0 Å². The number of nitrogens with one attached hydrogen (secondary N) is 1. The summed E-state index contributed by atoms with van der Waals surface area (Å²) >= 11 is 5.35. The molecule has 36 heavy (non-hydrogen) atoms. The van der Waals surface area contributed by atoms with Crippen molar-refractivity contribution in [1.29, 1.82) is 0 Å². The van der Waals surface area contributed by atoms with E-state index in [1.165, 1.54) is 12.0 Å².